The molecule has 3 heteroatoms. The van der Waals surface area contributed by atoms with E-state index in [4.69, 9.17) is 0 Å². The topological polar surface area (TPSA) is 15.8 Å². The first-order chi connectivity index (χ1) is 2.50. The Morgan fingerprint density at radius 2 is 1.43 bits per heavy atom. The zero-order valence-corrected chi connectivity index (χ0v) is 7.73. The molecular weight excluding hydrogens is 191 g/mol. The maximum Gasteiger partial charge on any atom is 0.000496 e. The average Bonchev–Trinajstić information content (AvgIpc) is 1.76. The fourth-order valence-corrected chi connectivity index (χ4v) is 0.278. The minimum Gasteiger partial charge on any atom is -0.368 e. The van der Waals surface area contributed by atoms with Gasteiger partial charge >= 0.3 is 0 Å². The molecule has 0 unspecified atom stereocenters. The van der Waals surface area contributed by atoms with Gasteiger partial charge in [-0.05, 0) is 12.1 Å². The first-order valence-electron chi connectivity index (χ1n) is 1.58. The summed E-state index contributed by atoms with van der Waals surface area (Å²) in [6, 6.07) is 3.89. The van der Waals surface area contributed by atoms with Gasteiger partial charge in [0.1, 0.15) is 0 Å². The molecule has 1 rings (SSSR count). The summed E-state index contributed by atoms with van der Waals surface area (Å²) in [6.07, 6.45) is 3.75. The van der Waals surface area contributed by atoms with E-state index in [0.717, 1.165) is 0 Å². The normalized spacial score (nSPS) is 5.71. The van der Waals surface area contributed by atoms with Crippen molar-refractivity contribution in [2.24, 2.45) is 0 Å². The SMILES string of the molecule is [Cu].[Zn].c1cc[nH]c1. The van der Waals surface area contributed by atoms with Crippen LogP contribution >= 0.6 is 0 Å². The Bertz CT molecular complexity index is 68.2. The van der Waals surface area contributed by atoms with Gasteiger partial charge in [-0.1, -0.05) is 0 Å². The van der Waals surface area contributed by atoms with Crippen LogP contribution in [-0.2, 0) is 36.5 Å². The van der Waals surface area contributed by atoms with Crippen molar-refractivity contribution in [1.82, 2.24) is 4.98 Å². The fourth-order valence-electron chi connectivity index (χ4n) is 0.278. The smallest absolute Gasteiger partial charge is 0.000496 e. The van der Waals surface area contributed by atoms with Crippen LogP contribution < -0.4 is 0 Å². The minimum absolute atomic E-state index is 0. The Balaban J connectivity index is 0. The van der Waals surface area contributed by atoms with Crippen LogP contribution in [0.5, 0.6) is 0 Å². The molecular formula is C4H5CuNZn. The number of aromatic nitrogens is 1. The number of H-pyrrole nitrogens is 1. The zero-order valence-electron chi connectivity index (χ0n) is 3.82. The van der Waals surface area contributed by atoms with Gasteiger partial charge in [-0.15, -0.1) is 0 Å². The van der Waals surface area contributed by atoms with Crippen LogP contribution in [0.15, 0.2) is 24.5 Å². The first-order valence-corrected chi connectivity index (χ1v) is 1.58. The third-order valence-corrected chi connectivity index (χ3v) is 0.496. The van der Waals surface area contributed by atoms with Crippen molar-refractivity contribution in [1.29, 1.82) is 0 Å². The van der Waals surface area contributed by atoms with Crippen molar-refractivity contribution in [3.8, 4) is 0 Å². The van der Waals surface area contributed by atoms with Gasteiger partial charge in [0, 0.05) is 48.9 Å². The monoisotopic (exact) mass is 194 g/mol. The Labute approximate surface area is 66.1 Å². The van der Waals surface area contributed by atoms with Crippen molar-refractivity contribution in [3.63, 3.8) is 0 Å². The molecule has 1 aromatic heterocycles. The molecule has 0 aliphatic heterocycles. The van der Waals surface area contributed by atoms with Crippen molar-refractivity contribution in [2.75, 3.05) is 0 Å². The van der Waals surface area contributed by atoms with Gasteiger partial charge in [0.05, 0.1) is 0 Å². The molecule has 1 aromatic rings. The van der Waals surface area contributed by atoms with Crippen LogP contribution in [0.4, 0.5) is 0 Å². The molecule has 0 atom stereocenters. The molecule has 1 radical (unpaired) electrons. The number of nitrogens with one attached hydrogen (secondary N) is 1. The van der Waals surface area contributed by atoms with E-state index in [9.17, 15) is 0 Å². The maximum atomic E-state index is 2.86. The van der Waals surface area contributed by atoms with E-state index in [1.807, 2.05) is 24.5 Å². The van der Waals surface area contributed by atoms with Crippen LogP contribution in [0.3, 0.4) is 0 Å². The Morgan fingerprint density at radius 3 is 1.57 bits per heavy atom. The van der Waals surface area contributed by atoms with E-state index < -0.39 is 0 Å². The van der Waals surface area contributed by atoms with E-state index in [1.54, 1.807) is 0 Å². The van der Waals surface area contributed by atoms with E-state index in [0.29, 0.717) is 0 Å². The number of hydrogen-bond donors (Lipinski definition) is 1. The van der Waals surface area contributed by atoms with Gasteiger partial charge in [0.2, 0.25) is 0 Å². The van der Waals surface area contributed by atoms with Crippen molar-refractivity contribution >= 4 is 0 Å². The van der Waals surface area contributed by atoms with Crippen molar-refractivity contribution in [3.05, 3.63) is 24.5 Å². The summed E-state index contributed by atoms with van der Waals surface area (Å²) >= 11 is 0. The summed E-state index contributed by atoms with van der Waals surface area (Å²) in [6.45, 7) is 0. The van der Waals surface area contributed by atoms with Crippen LogP contribution in [0.1, 0.15) is 0 Å². The van der Waals surface area contributed by atoms with Crippen molar-refractivity contribution < 1.29 is 36.5 Å². The second-order valence-corrected chi connectivity index (χ2v) is 0.885. The molecule has 0 bridgehead atoms. The fraction of sp³-hybridized carbons (Fsp3) is 0. The molecule has 0 saturated carbocycles. The van der Waals surface area contributed by atoms with Gasteiger partial charge in [0.25, 0.3) is 0 Å². The summed E-state index contributed by atoms with van der Waals surface area (Å²) in [5.41, 5.74) is 0. The minimum atomic E-state index is 0. The number of aromatic amines is 1. The van der Waals surface area contributed by atoms with E-state index in [1.165, 1.54) is 0 Å². The molecule has 0 aliphatic carbocycles. The molecule has 1 heterocycles. The first kappa shape index (κ1) is 10.4. The predicted octanol–water partition coefficient (Wildman–Crippen LogP) is 1.01. The summed E-state index contributed by atoms with van der Waals surface area (Å²) < 4.78 is 0. The molecule has 0 fully saturated rings. The van der Waals surface area contributed by atoms with Gasteiger partial charge < -0.3 is 4.98 Å². The van der Waals surface area contributed by atoms with Crippen molar-refractivity contribution in [2.45, 2.75) is 0 Å². The number of rotatable bonds is 0. The summed E-state index contributed by atoms with van der Waals surface area (Å²) in [4.78, 5) is 2.86. The molecule has 0 aliphatic rings. The molecule has 0 aromatic carbocycles. The molecule has 0 spiro atoms. The molecule has 0 saturated heterocycles. The van der Waals surface area contributed by atoms with E-state index in [2.05, 4.69) is 4.98 Å². The van der Waals surface area contributed by atoms with Gasteiger partial charge in [0.15, 0.2) is 0 Å². The standard InChI is InChI=1S/C4H5N.Cu.Zn/c1-2-4-5-3-1;;/h1-5H;;. The Kier molecular flexibility index (Phi) is 9.55. The van der Waals surface area contributed by atoms with Crippen LogP contribution in [-0.4, -0.2) is 4.98 Å². The average molecular weight is 196 g/mol. The molecule has 0 amide bonds. The quantitative estimate of drug-likeness (QED) is 0.596. The summed E-state index contributed by atoms with van der Waals surface area (Å²) in [5.74, 6) is 0. The maximum absolute atomic E-state index is 2.86. The second kappa shape index (κ2) is 6.42. The van der Waals surface area contributed by atoms with Gasteiger partial charge in [-0.2, -0.15) is 0 Å². The summed E-state index contributed by atoms with van der Waals surface area (Å²) in [5, 5.41) is 0. The Morgan fingerprint density at radius 1 is 1.00 bits per heavy atom. The third kappa shape index (κ3) is 4.27. The van der Waals surface area contributed by atoms with Crippen LogP contribution in [0.25, 0.3) is 0 Å². The van der Waals surface area contributed by atoms with Gasteiger partial charge in [-0.3, -0.25) is 0 Å². The van der Waals surface area contributed by atoms with E-state index >= 15 is 0 Å². The molecule has 39 valence electrons. The van der Waals surface area contributed by atoms with Crippen LogP contribution in [0.2, 0.25) is 0 Å². The Hall–Kier alpha value is 0.423. The molecule has 1 nitrogen and oxygen atoms in total. The largest absolute Gasteiger partial charge is 0.368 e. The van der Waals surface area contributed by atoms with E-state index in [-0.39, 0.29) is 36.5 Å². The molecule has 7 heavy (non-hydrogen) atoms. The number of hydrogen-bond acceptors (Lipinski definition) is 0. The summed E-state index contributed by atoms with van der Waals surface area (Å²) in [7, 11) is 0. The zero-order chi connectivity index (χ0) is 3.54. The van der Waals surface area contributed by atoms with Gasteiger partial charge in [-0.25, -0.2) is 0 Å². The second-order valence-electron chi connectivity index (χ2n) is 0.885. The predicted molar refractivity (Wildman–Crippen MR) is 20.8 cm³/mol. The van der Waals surface area contributed by atoms with Crippen LogP contribution in [0, 0.1) is 0 Å². The molecule has 1 N–H and O–H groups in total. The third-order valence-electron chi connectivity index (χ3n) is 0.496.